The van der Waals surface area contributed by atoms with Gasteiger partial charge in [-0.15, -0.1) is 0 Å². The lowest BCUT2D eigenvalue weighted by Gasteiger charge is -2.10. The molecule has 7 heteroatoms. The van der Waals surface area contributed by atoms with Gasteiger partial charge in [0.2, 0.25) is 0 Å². The third kappa shape index (κ3) is 3.93. The van der Waals surface area contributed by atoms with Gasteiger partial charge in [0, 0.05) is 6.07 Å². The smallest absolute Gasteiger partial charge is 0.392 e. The molecule has 0 aliphatic rings. The van der Waals surface area contributed by atoms with Crippen molar-refractivity contribution in [2.45, 2.75) is 19.5 Å². The molecule has 0 aliphatic carbocycles. The highest BCUT2D eigenvalue weighted by molar-refractivity contribution is 5.48. The van der Waals surface area contributed by atoms with Crippen LogP contribution in [0.15, 0.2) is 18.2 Å². The molecule has 17 heavy (non-hydrogen) atoms. The van der Waals surface area contributed by atoms with E-state index in [1.54, 1.807) is 0 Å². The topological polar surface area (TPSA) is 52.4 Å². The van der Waals surface area contributed by atoms with Gasteiger partial charge in [0.25, 0.3) is 5.69 Å². The van der Waals surface area contributed by atoms with Crippen LogP contribution in [0.2, 0.25) is 0 Å². The van der Waals surface area contributed by atoms with Crippen LogP contribution in [0.25, 0.3) is 0 Å². The van der Waals surface area contributed by atoms with E-state index in [0.717, 1.165) is 0 Å². The monoisotopic (exact) mass is 249 g/mol. The van der Waals surface area contributed by atoms with Gasteiger partial charge in [-0.2, -0.15) is 13.2 Å². The molecule has 0 saturated carbocycles. The largest absolute Gasteiger partial charge is 0.493 e. The van der Waals surface area contributed by atoms with Crippen LogP contribution in [-0.2, 0) is 0 Å². The van der Waals surface area contributed by atoms with E-state index in [1.165, 1.54) is 25.1 Å². The molecule has 1 aromatic rings. The molecule has 0 atom stereocenters. The third-order valence-corrected chi connectivity index (χ3v) is 2.10. The second-order valence-corrected chi connectivity index (χ2v) is 3.37. The predicted molar refractivity (Wildman–Crippen MR) is 54.0 cm³/mol. The van der Waals surface area contributed by atoms with Gasteiger partial charge in [0.1, 0.15) is 5.75 Å². The first kappa shape index (κ1) is 13.3. The highest BCUT2D eigenvalue weighted by Crippen LogP contribution is 2.28. The van der Waals surface area contributed by atoms with Crippen LogP contribution in [0.3, 0.4) is 0 Å². The van der Waals surface area contributed by atoms with E-state index < -0.39 is 24.1 Å². The second-order valence-electron chi connectivity index (χ2n) is 3.37. The Balaban J connectivity index is 2.72. The normalized spacial score (nSPS) is 11.3. The quantitative estimate of drug-likeness (QED) is 0.608. The summed E-state index contributed by atoms with van der Waals surface area (Å²) in [5.41, 5.74) is 0.0502. The molecule has 94 valence electrons. The first-order valence-corrected chi connectivity index (χ1v) is 4.75. The summed E-state index contributed by atoms with van der Waals surface area (Å²) in [7, 11) is 0. The van der Waals surface area contributed by atoms with Crippen LogP contribution in [0.5, 0.6) is 5.75 Å². The van der Waals surface area contributed by atoms with Crippen molar-refractivity contribution >= 4 is 5.69 Å². The van der Waals surface area contributed by atoms with Crippen LogP contribution in [0, 0.1) is 17.0 Å². The summed E-state index contributed by atoms with van der Waals surface area (Å²) in [6, 6.07) is 4.04. The summed E-state index contributed by atoms with van der Waals surface area (Å²) in [5, 5.41) is 10.6. The number of hydrogen-bond donors (Lipinski definition) is 0. The van der Waals surface area contributed by atoms with Gasteiger partial charge in [-0.3, -0.25) is 10.1 Å². The molecular weight excluding hydrogens is 239 g/mol. The van der Waals surface area contributed by atoms with Gasteiger partial charge in [-0.05, 0) is 13.0 Å². The minimum Gasteiger partial charge on any atom is -0.493 e. The van der Waals surface area contributed by atoms with Crippen LogP contribution < -0.4 is 4.74 Å². The van der Waals surface area contributed by atoms with E-state index in [1.807, 2.05) is 0 Å². The fourth-order valence-electron chi connectivity index (χ4n) is 1.23. The molecule has 0 aromatic heterocycles. The van der Waals surface area contributed by atoms with Crippen molar-refractivity contribution in [2.24, 2.45) is 0 Å². The summed E-state index contributed by atoms with van der Waals surface area (Å²) in [5.74, 6) is 0.100. The maximum Gasteiger partial charge on any atom is 0.392 e. The summed E-state index contributed by atoms with van der Waals surface area (Å²) < 4.78 is 40.5. The Labute approximate surface area is 95.2 Å². The molecule has 0 N–H and O–H groups in total. The lowest BCUT2D eigenvalue weighted by atomic mass is 10.2. The highest BCUT2D eigenvalue weighted by atomic mass is 19.4. The lowest BCUT2D eigenvalue weighted by Crippen LogP contribution is -2.13. The Bertz CT molecular complexity index is 418. The zero-order valence-electron chi connectivity index (χ0n) is 8.95. The first-order chi connectivity index (χ1) is 7.81. The summed E-state index contributed by atoms with van der Waals surface area (Å²) >= 11 is 0. The number of nitro benzene ring substituents is 1. The fourth-order valence-corrected chi connectivity index (χ4v) is 1.23. The Morgan fingerprint density at radius 2 is 2.06 bits per heavy atom. The molecule has 0 heterocycles. The van der Waals surface area contributed by atoms with Crippen LogP contribution in [0.4, 0.5) is 18.9 Å². The number of nitro groups is 1. The van der Waals surface area contributed by atoms with E-state index in [0.29, 0.717) is 0 Å². The number of alkyl halides is 3. The number of halogens is 3. The lowest BCUT2D eigenvalue weighted by molar-refractivity contribution is -0.385. The maximum atomic E-state index is 11.9. The molecular formula is C10H10F3NO3. The van der Waals surface area contributed by atoms with E-state index in [4.69, 9.17) is 4.74 Å². The van der Waals surface area contributed by atoms with Crippen LogP contribution in [0.1, 0.15) is 12.0 Å². The van der Waals surface area contributed by atoms with Crippen molar-refractivity contribution in [3.63, 3.8) is 0 Å². The Kier molecular flexibility index (Phi) is 3.93. The number of hydrogen-bond acceptors (Lipinski definition) is 3. The van der Waals surface area contributed by atoms with E-state index in [-0.39, 0.29) is 17.0 Å². The molecule has 4 nitrogen and oxygen atoms in total. The van der Waals surface area contributed by atoms with E-state index >= 15 is 0 Å². The van der Waals surface area contributed by atoms with Crippen molar-refractivity contribution < 1.29 is 22.8 Å². The molecule has 0 saturated heterocycles. The Morgan fingerprint density at radius 3 is 2.59 bits per heavy atom. The highest BCUT2D eigenvalue weighted by Gasteiger charge is 2.27. The van der Waals surface area contributed by atoms with Gasteiger partial charge >= 0.3 is 6.18 Å². The van der Waals surface area contributed by atoms with Gasteiger partial charge in [0.05, 0.1) is 23.5 Å². The zero-order valence-corrected chi connectivity index (χ0v) is 8.95. The molecule has 0 amide bonds. The summed E-state index contributed by atoms with van der Waals surface area (Å²) in [4.78, 5) is 9.97. The van der Waals surface area contributed by atoms with Crippen molar-refractivity contribution in [3.05, 3.63) is 33.9 Å². The SMILES string of the molecule is Cc1c(OCCC(F)(F)F)cccc1[N+](=O)[O-]. The molecule has 0 spiro atoms. The molecule has 0 radical (unpaired) electrons. The number of ether oxygens (including phenoxy) is 1. The van der Waals surface area contributed by atoms with Crippen molar-refractivity contribution in [3.8, 4) is 5.75 Å². The van der Waals surface area contributed by atoms with Gasteiger partial charge in [-0.25, -0.2) is 0 Å². The number of rotatable bonds is 4. The zero-order chi connectivity index (χ0) is 13.1. The third-order valence-electron chi connectivity index (χ3n) is 2.10. The Hall–Kier alpha value is -1.79. The molecule has 1 aromatic carbocycles. The summed E-state index contributed by atoms with van der Waals surface area (Å²) in [6.45, 7) is 0.882. The molecule has 0 bridgehead atoms. The molecule has 0 fully saturated rings. The second kappa shape index (κ2) is 5.03. The maximum absolute atomic E-state index is 11.9. The number of nitrogens with zero attached hydrogens (tertiary/aromatic N) is 1. The van der Waals surface area contributed by atoms with Gasteiger partial charge in [-0.1, -0.05) is 6.07 Å². The van der Waals surface area contributed by atoms with Gasteiger partial charge in [0.15, 0.2) is 0 Å². The molecule has 0 aliphatic heterocycles. The molecule has 1 rings (SSSR count). The van der Waals surface area contributed by atoms with Crippen LogP contribution >= 0.6 is 0 Å². The van der Waals surface area contributed by atoms with Crippen molar-refractivity contribution in [1.29, 1.82) is 0 Å². The van der Waals surface area contributed by atoms with Crippen molar-refractivity contribution in [1.82, 2.24) is 0 Å². The Morgan fingerprint density at radius 1 is 1.41 bits per heavy atom. The fraction of sp³-hybridized carbons (Fsp3) is 0.400. The minimum atomic E-state index is -4.30. The minimum absolute atomic E-state index is 0.100. The van der Waals surface area contributed by atoms with Crippen LogP contribution in [-0.4, -0.2) is 17.7 Å². The molecule has 0 unspecified atom stereocenters. The number of benzene rings is 1. The summed E-state index contributed by atoms with van der Waals surface area (Å²) in [6.07, 6.45) is -5.39. The first-order valence-electron chi connectivity index (χ1n) is 4.75. The van der Waals surface area contributed by atoms with Crippen molar-refractivity contribution in [2.75, 3.05) is 6.61 Å². The van der Waals surface area contributed by atoms with Gasteiger partial charge < -0.3 is 4.74 Å². The van der Waals surface area contributed by atoms with E-state index in [9.17, 15) is 23.3 Å². The van der Waals surface area contributed by atoms with E-state index in [2.05, 4.69) is 0 Å². The average Bonchev–Trinajstić information content (AvgIpc) is 2.18. The average molecular weight is 249 g/mol. The predicted octanol–water partition coefficient (Wildman–Crippen LogP) is 3.23. The standard InChI is InChI=1S/C10H10F3NO3/c1-7-8(14(15)16)3-2-4-9(7)17-6-5-10(11,12)13/h2-4H,5-6H2,1H3.